The number of rotatable bonds is 6. The molecular weight excluding hydrogens is 366 g/mol. The average Bonchev–Trinajstić information content (AvgIpc) is 3.26. The Balaban J connectivity index is 1.53. The van der Waals surface area contributed by atoms with Crippen molar-refractivity contribution in [1.82, 2.24) is 9.99 Å². The topological polar surface area (TPSA) is 72.7 Å². The summed E-state index contributed by atoms with van der Waals surface area (Å²) in [5.74, 6) is 0.370. The summed E-state index contributed by atoms with van der Waals surface area (Å²) < 4.78 is 7.05. The first-order valence-corrected chi connectivity index (χ1v) is 10.5. The molecular formula is C23H29N3O3. The second-order valence-electron chi connectivity index (χ2n) is 8.48. The fraction of sp³-hybridized carbons (Fsp3) is 0.522. The molecule has 0 saturated heterocycles. The summed E-state index contributed by atoms with van der Waals surface area (Å²) in [6.07, 6.45) is 6.44. The summed E-state index contributed by atoms with van der Waals surface area (Å²) in [6.45, 7) is 6.51. The zero-order chi connectivity index (χ0) is 20.6. The minimum atomic E-state index is -0.266. The lowest BCUT2D eigenvalue weighted by Crippen LogP contribution is -2.22. The first kappa shape index (κ1) is 19.7. The van der Waals surface area contributed by atoms with Crippen molar-refractivity contribution in [1.29, 1.82) is 0 Å². The number of aromatic nitrogens is 1. The number of hydrogen-bond acceptors (Lipinski definition) is 4. The van der Waals surface area contributed by atoms with Gasteiger partial charge in [-0.15, -0.1) is 0 Å². The van der Waals surface area contributed by atoms with Gasteiger partial charge in [-0.1, -0.05) is 38.0 Å². The van der Waals surface area contributed by atoms with E-state index in [0.717, 1.165) is 35.0 Å². The van der Waals surface area contributed by atoms with E-state index in [-0.39, 0.29) is 29.8 Å². The van der Waals surface area contributed by atoms with Crippen LogP contribution in [0.15, 0.2) is 29.4 Å². The molecule has 0 bridgehead atoms. The van der Waals surface area contributed by atoms with Crippen molar-refractivity contribution in [3.05, 3.63) is 35.5 Å². The van der Waals surface area contributed by atoms with Crippen LogP contribution in [-0.2, 0) is 20.9 Å². The van der Waals surface area contributed by atoms with Crippen molar-refractivity contribution in [2.75, 3.05) is 6.61 Å². The number of ether oxygens (including phenoxy) is 1. The molecule has 0 unspecified atom stereocenters. The van der Waals surface area contributed by atoms with Gasteiger partial charge in [0.25, 0.3) is 0 Å². The molecule has 29 heavy (non-hydrogen) atoms. The highest BCUT2D eigenvalue weighted by Crippen LogP contribution is 2.66. The Kier molecular flexibility index (Phi) is 5.19. The van der Waals surface area contributed by atoms with Crippen LogP contribution < -0.4 is 5.43 Å². The molecule has 154 valence electrons. The average molecular weight is 396 g/mol. The summed E-state index contributed by atoms with van der Waals surface area (Å²) in [5, 5.41) is 5.28. The van der Waals surface area contributed by atoms with Gasteiger partial charge in [0.15, 0.2) is 0 Å². The standard InChI is InChI=1S/C23H29N3O3/c1-4-29-20(27)14-26-15(2)17(16-9-5-6-11-19(16)26)13-24-25-22(28)21-18-10-7-8-12-23(18,21)3/h5-6,9,11,13,18,21H,4,7-8,10,12,14H2,1-3H3,(H,25,28)/b24-13-/t18-,21+,23-/m1/s1. The Labute approximate surface area is 171 Å². The van der Waals surface area contributed by atoms with E-state index in [0.29, 0.717) is 12.5 Å². The molecule has 1 N–H and O–H groups in total. The van der Waals surface area contributed by atoms with Crippen LogP contribution in [0.1, 0.15) is 50.8 Å². The smallest absolute Gasteiger partial charge is 0.325 e. The van der Waals surface area contributed by atoms with Gasteiger partial charge in [0.2, 0.25) is 5.91 Å². The molecule has 2 aromatic rings. The van der Waals surface area contributed by atoms with Gasteiger partial charge in [0.1, 0.15) is 6.54 Å². The number of hydrogen-bond donors (Lipinski definition) is 1. The van der Waals surface area contributed by atoms with Crippen molar-refractivity contribution in [3.63, 3.8) is 0 Å². The van der Waals surface area contributed by atoms with Gasteiger partial charge in [0, 0.05) is 28.1 Å². The van der Waals surface area contributed by atoms with Crippen LogP contribution in [0, 0.1) is 24.2 Å². The van der Waals surface area contributed by atoms with Gasteiger partial charge in [-0.05, 0) is 44.1 Å². The van der Waals surface area contributed by atoms with E-state index in [2.05, 4.69) is 17.5 Å². The zero-order valence-corrected chi connectivity index (χ0v) is 17.4. The molecule has 1 aromatic carbocycles. The third-order valence-electron chi connectivity index (χ3n) is 6.85. The quantitative estimate of drug-likeness (QED) is 0.459. The molecule has 2 saturated carbocycles. The number of esters is 1. The van der Waals surface area contributed by atoms with E-state index in [4.69, 9.17) is 4.74 Å². The van der Waals surface area contributed by atoms with E-state index < -0.39 is 0 Å². The molecule has 3 atom stereocenters. The minimum Gasteiger partial charge on any atom is -0.465 e. The Morgan fingerprint density at radius 2 is 2.14 bits per heavy atom. The number of nitrogens with zero attached hydrogens (tertiary/aromatic N) is 2. The number of amides is 1. The predicted molar refractivity (Wildman–Crippen MR) is 113 cm³/mol. The van der Waals surface area contributed by atoms with Crippen LogP contribution in [-0.4, -0.2) is 29.3 Å². The van der Waals surface area contributed by atoms with Gasteiger partial charge < -0.3 is 9.30 Å². The summed E-state index contributed by atoms with van der Waals surface area (Å²) in [4.78, 5) is 24.7. The second-order valence-corrected chi connectivity index (χ2v) is 8.48. The van der Waals surface area contributed by atoms with Gasteiger partial charge in [-0.25, -0.2) is 5.43 Å². The number of para-hydroxylation sites is 1. The highest BCUT2D eigenvalue weighted by atomic mass is 16.5. The second kappa shape index (κ2) is 7.65. The van der Waals surface area contributed by atoms with Gasteiger partial charge in [0.05, 0.1) is 12.8 Å². The number of benzene rings is 1. The molecule has 0 aliphatic heterocycles. The van der Waals surface area contributed by atoms with Crippen molar-refractivity contribution >= 4 is 29.0 Å². The lowest BCUT2D eigenvalue weighted by molar-refractivity contribution is -0.143. The fourth-order valence-corrected chi connectivity index (χ4v) is 5.24. The van der Waals surface area contributed by atoms with Crippen molar-refractivity contribution < 1.29 is 14.3 Å². The monoisotopic (exact) mass is 395 g/mol. The number of carbonyl (C=O) groups is 2. The first-order valence-electron chi connectivity index (χ1n) is 10.5. The van der Waals surface area contributed by atoms with E-state index in [1.165, 1.54) is 12.8 Å². The molecule has 2 aliphatic carbocycles. The van der Waals surface area contributed by atoms with E-state index in [9.17, 15) is 9.59 Å². The van der Waals surface area contributed by atoms with Crippen LogP contribution in [0.3, 0.4) is 0 Å². The number of nitrogens with one attached hydrogen (secondary N) is 1. The lowest BCUT2D eigenvalue weighted by Gasteiger charge is -2.15. The summed E-state index contributed by atoms with van der Waals surface area (Å²) >= 11 is 0. The third-order valence-corrected chi connectivity index (χ3v) is 6.85. The molecule has 1 amide bonds. The maximum atomic E-state index is 12.6. The maximum Gasteiger partial charge on any atom is 0.325 e. The minimum absolute atomic E-state index is 0.0311. The maximum absolute atomic E-state index is 12.6. The lowest BCUT2D eigenvalue weighted by atomic mass is 9.90. The highest BCUT2D eigenvalue weighted by Gasteiger charge is 2.64. The van der Waals surface area contributed by atoms with Crippen LogP contribution in [0.4, 0.5) is 0 Å². The van der Waals surface area contributed by atoms with Gasteiger partial charge in [-0.3, -0.25) is 9.59 Å². The van der Waals surface area contributed by atoms with E-state index in [1.54, 1.807) is 13.1 Å². The first-order chi connectivity index (χ1) is 14.0. The van der Waals surface area contributed by atoms with E-state index in [1.807, 2.05) is 35.8 Å². The fourth-order valence-electron chi connectivity index (χ4n) is 5.24. The molecule has 4 rings (SSSR count). The molecule has 2 aliphatic rings. The Hall–Kier alpha value is -2.63. The Morgan fingerprint density at radius 1 is 1.34 bits per heavy atom. The summed E-state index contributed by atoms with van der Waals surface area (Å²) in [5.41, 5.74) is 5.71. The Morgan fingerprint density at radius 3 is 2.86 bits per heavy atom. The van der Waals surface area contributed by atoms with Gasteiger partial charge >= 0.3 is 5.97 Å². The van der Waals surface area contributed by atoms with Crippen molar-refractivity contribution in [3.8, 4) is 0 Å². The molecule has 2 fully saturated rings. The Bertz CT molecular complexity index is 977. The molecule has 6 heteroatoms. The molecule has 0 spiro atoms. The predicted octanol–water partition coefficient (Wildman–Crippen LogP) is 3.79. The summed E-state index contributed by atoms with van der Waals surface area (Å²) in [6, 6.07) is 7.89. The van der Waals surface area contributed by atoms with Crippen LogP contribution in [0.5, 0.6) is 0 Å². The molecule has 1 heterocycles. The van der Waals surface area contributed by atoms with Crippen molar-refractivity contribution in [2.45, 2.75) is 53.0 Å². The molecule has 0 radical (unpaired) electrons. The van der Waals surface area contributed by atoms with E-state index >= 15 is 0 Å². The molecule has 6 nitrogen and oxygen atoms in total. The number of fused-ring (bicyclic) bond motifs is 2. The zero-order valence-electron chi connectivity index (χ0n) is 17.4. The molecule has 1 aromatic heterocycles. The number of carbonyl (C=O) groups excluding carboxylic acids is 2. The normalized spacial score (nSPS) is 25.8. The SMILES string of the molecule is CCOC(=O)Cn1c(C)c(/C=N\NC(=O)[C@@H]2[C@H]3CCCC[C@]32C)c2ccccc21. The van der Waals surface area contributed by atoms with Crippen LogP contribution >= 0.6 is 0 Å². The number of hydrazone groups is 1. The third kappa shape index (κ3) is 3.45. The summed E-state index contributed by atoms with van der Waals surface area (Å²) in [7, 11) is 0. The highest BCUT2D eigenvalue weighted by molar-refractivity contribution is 6.01. The van der Waals surface area contributed by atoms with Crippen LogP contribution in [0.2, 0.25) is 0 Å². The van der Waals surface area contributed by atoms with Crippen LogP contribution in [0.25, 0.3) is 10.9 Å². The van der Waals surface area contributed by atoms with Crippen molar-refractivity contribution in [2.24, 2.45) is 22.4 Å². The van der Waals surface area contributed by atoms with Gasteiger partial charge in [-0.2, -0.15) is 5.10 Å². The largest absolute Gasteiger partial charge is 0.465 e.